The molecule has 3 nitrogen and oxygen atoms in total. The van der Waals surface area contributed by atoms with E-state index in [9.17, 15) is 0 Å². The summed E-state index contributed by atoms with van der Waals surface area (Å²) in [5.74, 6) is 0.374. The van der Waals surface area contributed by atoms with Crippen molar-refractivity contribution in [3.8, 4) is 0 Å². The monoisotopic (exact) mass is 185 g/mol. The van der Waals surface area contributed by atoms with Gasteiger partial charge >= 0.3 is 0 Å². The van der Waals surface area contributed by atoms with Gasteiger partial charge in [0.15, 0.2) is 0 Å². The zero-order valence-electron chi connectivity index (χ0n) is 6.66. The third kappa shape index (κ3) is 1.47. The maximum Gasteiger partial charge on any atom is 0.0706 e. The highest BCUT2D eigenvalue weighted by Gasteiger charge is 2.19. The Bertz CT molecular complexity index is 255. The summed E-state index contributed by atoms with van der Waals surface area (Å²) < 4.78 is 6.70. The van der Waals surface area contributed by atoms with Gasteiger partial charge in [0, 0.05) is 30.4 Å². The maximum absolute atomic E-state index is 5.79. The highest BCUT2D eigenvalue weighted by atomic mass is 35.5. The lowest BCUT2D eigenvalue weighted by molar-refractivity contribution is 0.0789. The molecule has 1 aliphatic rings. The minimum absolute atomic E-state index is 0.374. The average Bonchev–Trinajstić information content (AvgIpc) is 2.53. The van der Waals surface area contributed by atoms with E-state index in [0.717, 1.165) is 31.7 Å². The fourth-order valence-electron chi connectivity index (χ4n) is 1.49. The standard InChI is InChI=1S/C8H10ClN2O/c9-11-8(3-4-10-11)7-2-1-5-12-6-7/h4,7H,1-2,5-6H2. The summed E-state index contributed by atoms with van der Waals surface area (Å²) in [5, 5.41) is 3.86. The molecule has 0 aliphatic carbocycles. The van der Waals surface area contributed by atoms with Crippen molar-refractivity contribution in [2.24, 2.45) is 0 Å². The molecule has 12 heavy (non-hydrogen) atoms. The number of hydrogen-bond donors (Lipinski definition) is 0. The van der Waals surface area contributed by atoms with Gasteiger partial charge in [0.05, 0.1) is 18.5 Å². The van der Waals surface area contributed by atoms with Gasteiger partial charge < -0.3 is 4.74 Å². The molecule has 1 unspecified atom stereocenters. The molecule has 2 heterocycles. The van der Waals surface area contributed by atoms with Gasteiger partial charge in [0.25, 0.3) is 0 Å². The highest BCUT2D eigenvalue weighted by molar-refractivity contribution is 6.15. The molecule has 0 saturated carbocycles. The van der Waals surface area contributed by atoms with Crippen molar-refractivity contribution in [1.82, 2.24) is 9.30 Å². The first kappa shape index (κ1) is 8.08. The lowest BCUT2D eigenvalue weighted by Crippen LogP contribution is -2.17. The van der Waals surface area contributed by atoms with E-state index in [1.807, 2.05) is 0 Å². The minimum atomic E-state index is 0.374. The van der Waals surface area contributed by atoms with E-state index in [-0.39, 0.29) is 0 Å². The van der Waals surface area contributed by atoms with Crippen LogP contribution in [0.5, 0.6) is 0 Å². The average molecular weight is 186 g/mol. The quantitative estimate of drug-likeness (QED) is 0.664. The van der Waals surface area contributed by atoms with Crippen LogP contribution in [0.1, 0.15) is 24.5 Å². The first-order valence-corrected chi connectivity index (χ1v) is 4.41. The van der Waals surface area contributed by atoms with E-state index in [4.69, 9.17) is 16.5 Å². The second kappa shape index (κ2) is 3.46. The molecule has 1 radical (unpaired) electrons. The number of hydrogen-bond acceptors (Lipinski definition) is 2. The molecule has 1 atom stereocenters. The Morgan fingerprint density at radius 2 is 2.67 bits per heavy atom. The fraction of sp³-hybridized carbons (Fsp3) is 0.625. The van der Waals surface area contributed by atoms with Gasteiger partial charge in [-0.3, -0.25) is 0 Å². The van der Waals surface area contributed by atoms with Crippen LogP contribution in [0.25, 0.3) is 0 Å². The van der Waals surface area contributed by atoms with Crippen LogP contribution in [0.4, 0.5) is 0 Å². The Balaban J connectivity index is 2.13. The van der Waals surface area contributed by atoms with Crippen molar-refractivity contribution in [3.05, 3.63) is 18.0 Å². The molecule has 2 rings (SSSR count). The van der Waals surface area contributed by atoms with Crippen molar-refractivity contribution < 1.29 is 4.74 Å². The summed E-state index contributed by atoms with van der Waals surface area (Å²) in [6.07, 6.45) is 3.81. The van der Waals surface area contributed by atoms with E-state index < -0.39 is 0 Å². The van der Waals surface area contributed by atoms with Crippen molar-refractivity contribution in [2.45, 2.75) is 18.8 Å². The summed E-state index contributed by atoms with van der Waals surface area (Å²) in [5.41, 5.74) is 0.941. The van der Waals surface area contributed by atoms with Crippen LogP contribution in [-0.2, 0) is 4.74 Å². The lowest BCUT2D eigenvalue weighted by Gasteiger charge is -2.20. The van der Waals surface area contributed by atoms with Gasteiger partial charge in [-0.25, -0.2) is 0 Å². The summed E-state index contributed by atoms with van der Waals surface area (Å²) >= 11 is 5.79. The first-order valence-electron chi connectivity index (χ1n) is 4.07. The molecule has 1 saturated heterocycles. The van der Waals surface area contributed by atoms with E-state index in [1.54, 1.807) is 6.20 Å². The Morgan fingerprint density at radius 1 is 1.75 bits per heavy atom. The summed E-state index contributed by atoms with van der Waals surface area (Å²) in [7, 11) is 0. The number of aromatic nitrogens is 2. The molecule has 0 amide bonds. The highest BCUT2D eigenvalue weighted by Crippen LogP contribution is 2.24. The molecule has 1 aliphatic heterocycles. The summed E-state index contributed by atoms with van der Waals surface area (Å²) in [6, 6.07) is 3.02. The second-order valence-electron chi connectivity index (χ2n) is 2.95. The van der Waals surface area contributed by atoms with Crippen LogP contribution in [0.15, 0.2) is 6.20 Å². The number of nitrogens with zero attached hydrogens (tertiary/aromatic N) is 2. The molecular formula is C8H10ClN2O. The van der Waals surface area contributed by atoms with Gasteiger partial charge in [0.2, 0.25) is 0 Å². The molecule has 0 bridgehead atoms. The Morgan fingerprint density at radius 3 is 3.25 bits per heavy atom. The van der Waals surface area contributed by atoms with Crippen LogP contribution in [0, 0.1) is 6.07 Å². The third-order valence-electron chi connectivity index (χ3n) is 2.12. The summed E-state index contributed by atoms with van der Waals surface area (Å²) in [4.78, 5) is 0. The van der Waals surface area contributed by atoms with E-state index >= 15 is 0 Å². The van der Waals surface area contributed by atoms with Gasteiger partial charge in [-0.15, -0.1) is 0 Å². The first-order chi connectivity index (χ1) is 5.88. The Hall–Kier alpha value is -0.540. The predicted molar refractivity (Wildman–Crippen MR) is 45.1 cm³/mol. The van der Waals surface area contributed by atoms with Crippen molar-refractivity contribution >= 4 is 11.8 Å². The van der Waals surface area contributed by atoms with Gasteiger partial charge in [0.1, 0.15) is 0 Å². The molecular weight excluding hydrogens is 176 g/mol. The summed E-state index contributed by atoms with van der Waals surface area (Å²) in [6.45, 7) is 1.61. The van der Waals surface area contributed by atoms with Crippen LogP contribution < -0.4 is 0 Å². The maximum atomic E-state index is 5.79. The fourth-order valence-corrected chi connectivity index (χ4v) is 1.72. The van der Waals surface area contributed by atoms with E-state index in [1.165, 1.54) is 4.20 Å². The number of rotatable bonds is 1. The number of halogens is 1. The SMILES string of the molecule is Cln1nc[c]c1C1CCCOC1. The van der Waals surface area contributed by atoms with Gasteiger partial charge in [-0.1, -0.05) is 0 Å². The lowest BCUT2D eigenvalue weighted by atomic mass is 9.99. The molecule has 1 aromatic rings. The van der Waals surface area contributed by atoms with Crippen molar-refractivity contribution in [1.29, 1.82) is 0 Å². The van der Waals surface area contributed by atoms with Crippen LogP contribution >= 0.6 is 11.8 Å². The van der Waals surface area contributed by atoms with Crippen LogP contribution in [-0.4, -0.2) is 22.5 Å². The topological polar surface area (TPSA) is 27.1 Å². The molecule has 1 aromatic heterocycles. The zero-order valence-corrected chi connectivity index (χ0v) is 7.42. The predicted octanol–water partition coefficient (Wildman–Crippen LogP) is 1.58. The molecule has 0 N–H and O–H groups in total. The normalized spacial score (nSPS) is 24.2. The van der Waals surface area contributed by atoms with Crippen LogP contribution in [0.2, 0.25) is 0 Å². The van der Waals surface area contributed by atoms with Crippen molar-refractivity contribution in [2.75, 3.05) is 13.2 Å². The van der Waals surface area contributed by atoms with Crippen molar-refractivity contribution in [3.63, 3.8) is 0 Å². The van der Waals surface area contributed by atoms with E-state index in [2.05, 4.69) is 11.2 Å². The Kier molecular flexibility index (Phi) is 2.33. The smallest absolute Gasteiger partial charge is 0.0706 e. The van der Waals surface area contributed by atoms with Gasteiger partial charge in [-0.2, -0.15) is 9.30 Å². The minimum Gasteiger partial charge on any atom is -0.381 e. The molecule has 0 aromatic carbocycles. The van der Waals surface area contributed by atoms with Crippen LogP contribution in [0.3, 0.4) is 0 Å². The zero-order chi connectivity index (χ0) is 8.39. The molecule has 65 valence electrons. The van der Waals surface area contributed by atoms with Gasteiger partial charge in [-0.05, 0) is 12.8 Å². The second-order valence-corrected chi connectivity index (χ2v) is 3.27. The molecule has 4 heteroatoms. The largest absolute Gasteiger partial charge is 0.381 e. The third-order valence-corrected chi connectivity index (χ3v) is 2.39. The Labute approximate surface area is 76.4 Å². The number of ether oxygens (including phenoxy) is 1. The van der Waals surface area contributed by atoms with E-state index in [0.29, 0.717) is 5.92 Å². The molecule has 1 fully saturated rings. The molecule has 0 spiro atoms.